The second-order valence-corrected chi connectivity index (χ2v) is 6.83. The Balaban J connectivity index is 1.29. The predicted molar refractivity (Wildman–Crippen MR) is 100 cm³/mol. The van der Waals surface area contributed by atoms with Crippen LogP contribution in [0.4, 0.5) is 10.5 Å². The number of carbonyl (C=O) groups excluding carboxylic acids is 2. The van der Waals surface area contributed by atoms with E-state index < -0.39 is 0 Å². The van der Waals surface area contributed by atoms with Gasteiger partial charge in [-0.15, -0.1) is 0 Å². The zero-order valence-electron chi connectivity index (χ0n) is 14.4. The Hall–Kier alpha value is -2.93. The van der Waals surface area contributed by atoms with E-state index in [1.807, 2.05) is 18.2 Å². The van der Waals surface area contributed by atoms with E-state index in [4.69, 9.17) is 21.1 Å². The molecule has 7 nitrogen and oxygen atoms in total. The molecule has 0 aromatic heterocycles. The number of urea groups is 1. The first-order valence-corrected chi connectivity index (χ1v) is 8.95. The minimum atomic E-state index is -0.316. The molecule has 0 spiro atoms. The number of hydrogen-bond acceptors (Lipinski definition) is 4. The van der Waals surface area contributed by atoms with Gasteiger partial charge in [-0.2, -0.15) is 0 Å². The summed E-state index contributed by atoms with van der Waals surface area (Å²) in [5.41, 5.74) is 1.68. The zero-order valence-corrected chi connectivity index (χ0v) is 15.2. The van der Waals surface area contributed by atoms with Crippen LogP contribution in [-0.4, -0.2) is 31.3 Å². The number of benzene rings is 2. The van der Waals surface area contributed by atoms with E-state index in [1.54, 1.807) is 29.2 Å². The van der Waals surface area contributed by atoms with E-state index in [1.165, 1.54) is 0 Å². The third-order valence-electron chi connectivity index (χ3n) is 4.49. The standard InChI is InChI=1S/C19H18ClN3O4/c20-13-2-4-15(5-3-13)23-10-14(8-18(23)24)22-19(25)21-9-12-1-6-16-17(7-12)27-11-26-16/h1-7,14H,8-11H2,(H2,21,22,25)/t14-/m0/s1. The molecule has 2 N–H and O–H groups in total. The molecule has 2 heterocycles. The molecule has 2 aliphatic rings. The molecule has 0 radical (unpaired) electrons. The summed E-state index contributed by atoms with van der Waals surface area (Å²) in [6, 6.07) is 12.0. The number of carbonyl (C=O) groups is 2. The highest BCUT2D eigenvalue weighted by molar-refractivity contribution is 6.30. The Labute approximate surface area is 161 Å². The largest absolute Gasteiger partial charge is 0.454 e. The highest BCUT2D eigenvalue weighted by Crippen LogP contribution is 2.32. The van der Waals surface area contributed by atoms with Gasteiger partial charge < -0.3 is 25.0 Å². The van der Waals surface area contributed by atoms with Crippen molar-refractivity contribution in [1.82, 2.24) is 10.6 Å². The maximum absolute atomic E-state index is 12.2. The van der Waals surface area contributed by atoms with E-state index in [-0.39, 0.29) is 31.2 Å². The second kappa shape index (κ2) is 7.36. The van der Waals surface area contributed by atoms with Gasteiger partial charge in [-0.3, -0.25) is 4.79 Å². The molecule has 140 valence electrons. The molecule has 1 fully saturated rings. The fourth-order valence-electron chi connectivity index (χ4n) is 3.14. The minimum Gasteiger partial charge on any atom is -0.454 e. The lowest BCUT2D eigenvalue weighted by Gasteiger charge is -2.17. The molecule has 0 unspecified atom stereocenters. The van der Waals surface area contributed by atoms with Crippen molar-refractivity contribution in [3.8, 4) is 11.5 Å². The molecule has 0 aliphatic carbocycles. The van der Waals surface area contributed by atoms with Gasteiger partial charge in [0.15, 0.2) is 11.5 Å². The summed E-state index contributed by atoms with van der Waals surface area (Å²) >= 11 is 5.89. The molecule has 4 rings (SSSR count). The van der Waals surface area contributed by atoms with Crippen molar-refractivity contribution in [2.24, 2.45) is 0 Å². The Bertz CT molecular complexity index is 872. The number of rotatable bonds is 4. The lowest BCUT2D eigenvalue weighted by Crippen LogP contribution is -2.43. The Morgan fingerprint density at radius 2 is 1.93 bits per heavy atom. The van der Waals surface area contributed by atoms with Crippen LogP contribution in [0, 0.1) is 0 Å². The van der Waals surface area contributed by atoms with Gasteiger partial charge in [-0.1, -0.05) is 17.7 Å². The van der Waals surface area contributed by atoms with E-state index in [2.05, 4.69) is 10.6 Å². The average molecular weight is 388 g/mol. The number of nitrogens with zero attached hydrogens (tertiary/aromatic N) is 1. The fraction of sp³-hybridized carbons (Fsp3) is 0.263. The van der Waals surface area contributed by atoms with Gasteiger partial charge in [0.2, 0.25) is 12.7 Å². The summed E-state index contributed by atoms with van der Waals surface area (Å²) in [4.78, 5) is 26.1. The molecule has 2 aromatic rings. The van der Waals surface area contributed by atoms with Crippen LogP contribution in [-0.2, 0) is 11.3 Å². The van der Waals surface area contributed by atoms with Crippen molar-refractivity contribution in [1.29, 1.82) is 0 Å². The van der Waals surface area contributed by atoms with Crippen LogP contribution in [0.2, 0.25) is 5.02 Å². The van der Waals surface area contributed by atoms with Crippen molar-refractivity contribution in [2.75, 3.05) is 18.2 Å². The topological polar surface area (TPSA) is 79.9 Å². The van der Waals surface area contributed by atoms with Gasteiger partial charge in [0.25, 0.3) is 0 Å². The summed E-state index contributed by atoms with van der Waals surface area (Å²) in [7, 11) is 0. The molecule has 2 aliphatic heterocycles. The monoisotopic (exact) mass is 387 g/mol. The molecule has 1 atom stereocenters. The van der Waals surface area contributed by atoms with Crippen LogP contribution in [0.5, 0.6) is 11.5 Å². The fourth-order valence-corrected chi connectivity index (χ4v) is 3.27. The van der Waals surface area contributed by atoms with E-state index in [0.29, 0.717) is 29.6 Å². The molecule has 8 heteroatoms. The van der Waals surface area contributed by atoms with Crippen molar-refractivity contribution in [3.63, 3.8) is 0 Å². The normalized spacial score (nSPS) is 17.9. The average Bonchev–Trinajstić information content (AvgIpc) is 3.26. The van der Waals surface area contributed by atoms with Gasteiger partial charge >= 0.3 is 6.03 Å². The first-order valence-electron chi connectivity index (χ1n) is 8.57. The molecule has 0 saturated carbocycles. The number of halogens is 1. The molecule has 3 amide bonds. The van der Waals surface area contributed by atoms with Gasteiger partial charge in [0.05, 0.1) is 6.04 Å². The van der Waals surface area contributed by atoms with Crippen LogP contribution in [0.3, 0.4) is 0 Å². The smallest absolute Gasteiger partial charge is 0.315 e. The van der Waals surface area contributed by atoms with E-state index >= 15 is 0 Å². The summed E-state index contributed by atoms with van der Waals surface area (Å²) in [5, 5.41) is 6.26. The van der Waals surface area contributed by atoms with Crippen molar-refractivity contribution in [3.05, 3.63) is 53.1 Å². The van der Waals surface area contributed by atoms with Crippen LogP contribution in [0.25, 0.3) is 0 Å². The number of ether oxygens (including phenoxy) is 2. The van der Waals surface area contributed by atoms with Crippen molar-refractivity contribution >= 4 is 29.2 Å². The minimum absolute atomic E-state index is 0.0293. The number of anilines is 1. The quantitative estimate of drug-likeness (QED) is 0.845. The third kappa shape index (κ3) is 3.93. The number of amides is 3. The van der Waals surface area contributed by atoms with E-state index in [0.717, 1.165) is 11.3 Å². The van der Waals surface area contributed by atoms with Crippen LogP contribution in [0.1, 0.15) is 12.0 Å². The Morgan fingerprint density at radius 3 is 2.74 bits per heavy atom. The van der Waals surface area contributed by atoms with Crippen LogP contribution < -0.4 is 25.0 Å². The molecule has 0 bridgehead atoms. The number of nitrogens with one attached hydrogen (secondary N) is 2. The maximum atomic E-state index is 12.2. The first-order chi connectivity index (χ1) is 13.1. The zero-order chi connectivity index (χ0) is 18.8. The van der Waals surface area contributed by atoms with Crippen molar-refractivity contribution < 1.29 is 19.1 Å². The Kier molecular flexibility index (Phi) is 4.77. The highest BCUT2D eigenvalue weighted by Gasteiger charge is 2.31. The molecular formula is C19H18ClN3O4. The summed E-state index contributed by atoms with van der Waals surface area (Å²) in [6.07, 6.45) is 0.264. The van der Waals surface area contributed by atoms with Gasteiger partial charge in [-0.25, -0.2) is 4.79 Å². The Morgan fingerprint density at radius 1 is 1.15 bits per heavy atom. The van der Waals surface area contributed by atoms with Crippen LogP contribution in [0.15, 0.2) is 42.5 Å². The SMILES string of the molecule is O=C(NCc1ccc2c(c1)OCO2)N[C@H]1CC(=O)N(c2ccc(Cl)cc2)C1. The second-order valence-electron chi connectivity index (χ2n) is 6.40. The molecular weight excluding hydrogens is 370 g/mol. The molecule has 27 heavy (non-hydrogen) atoms. The van der Waals surface area contributed by atoms with Gasteiger partial charge in [0.1, 0.15) is 0 Å². The van der Waals surface area contributed by atoms with Crippen LogP contribution >= 0.6 is 11.6 Å². The first kappa shape index (κ1) is 17.5. The molecule has 2 aromatic carbocycles. The van der Waals surface area contributed by atoms with Gasteiger partial charge in [-0.05, 0) is 42.0 Å². The lowest BCUT2D eigenvalue weighted by molar-refractivity contribution is -0.117. The summed E-state index contributed by atoms with van der Waals surface area (Å²) < 4.78 is 10.6. The van der Waals surface area contributed by atoms with Crippen molar-refractivity contribution in [2.45, 2.75) is 19.0 Å². The summed E-state index contributed by atoms with van der Waals surface area (Å²) in [6.45, 7) is 0.995. The number of fused-ring (bicyclic) bond motifs is 1. The predicted octanol–water partition coefficient (Wildman–Crippen LogP) is 2.67. The summed E-state index contributed by atoms with van der Waals surface area (Å²) in [5.74, 6) is 1.35. The third-order valence-corrected chi connectivity index (χ3v) is 4.74. The lowest BCUT2D eigenvalue weighted by atomic mass is 10.2. The van der Waals surface area contributed by atoms with E-state index in [9.17, 15) is 9.59 Å². The maximum Gasteiger partial charge on any atom is 0.315 e. The molecule has 1 saturated heterocycles. The number of hydrogen-bond donors (Lipinski definition) is 2. The highest BCUT2D eigenvalue weighted by atomic mass is 35.5. The van der Waals surface area contributed by atoms with Gasteiger partial charge in [0, 0.05) is 30.2 Å².